The first-order chi connectivity index (χ1) is 7.03. The summed E-state index contributed by atoms with van der Waals surface area (Å²) in [4.78, 5) is 9.36. The van der Waals surface area contributed by atoms with E-state index in [1.807, 2.05) is 6.08 Å². The molecule has 0 bridgehead atoms. The van der Waals surface area contributed by atoms with Gasteiger partial charge in [-0.25, -0.2) is 0 Å². The minimum atomic E-state index is -2.82. The molecule has 0 amide bonds. The first-order valence-electron chi connectivity index (χ1n) is 5.72. The van der Waals surface area contributed by atoms with E-state index in [2.05, 4.69) is 0 Å². The van der Waals surface area contributed by atoms with E-state index in [0.717, 1.165) is 32.1 Å². The van der Waals surface area contributed by atoms with Crippen molar-refractivity contribution in [3.8, 4) is 0 Å². The van der Waals surface area contributed by atoms with Gasteiger partial charge < -0.3 is 10.00 Å². The standard InChI is InChI=1S/C11H21O3P/c1-2-15(13,14)8-4-3-5-10-6-7-11(12)9-10/h9,11-12H,2-8H2,1H3,(H,13,14). The Hall–Kier alpha value is -0.110. The zero-order chi connectivity index (χ0) is 11.3. The van der Waals surface area contributed by atoms with Crippen LogP contribution in [0.5, 0.6) is 0 Å². The predicted octanol–water partition coefficient (Wildman–Crippen LogP) is 2.53. The summed E-state index contributed by atoms with van der Waals surface area (Å²) in [6.07, 6.45) is 7.10. The molecular weight excluding hydrogens is 211 g/mol. The van der Waals surface area contributed by atoms with Crippen molar-refractivity contribution in [2.75, 3.05) is 12.3 Å². The second-order valence-electron chi connectivity index (χ2n) is 4.27. The summed E-state index contributed by atoms with van der Waals surface area (Å²) in [7, 11) is -2.82. The SMILES string of the molecule is CCP(=O)(O)CCCCC1=CC(O)CC1. The van der Waals surface area contributed by atoms with Crippen molar-refractivity contribution in [3.63, 3.8) is 0 Å². The first kappa shape index (κ1) is 13.0. The Morgan fingerprint density at radius 2 is 2.27 bits per heavy atom. The third-order valence-corrected chi connectivity index (χ3v) is 4.94. The van der Waals surface area contributed by atoms with Gasteiger partial charge in [-0.1, -0.05) is 18.6 Å². The van der Waals surface area contributed by atoms with Gasteiger partial charge in [0.05, 0.1) is 6.10 Å². The number of hydrogen-bond acceptors (Lipinski definition) is 2. The van der Waals surface area contributed by atoms with E-state index in [-0.39, 0.29) is 6.10 Å². The van der Waals surface area contributed by atoms with E-state index in [0.29, 0.717) is 12.3 Å². The minimum absolute atomic E-state index is 0.250. The summed E-state index contributed by atoms with van der Waals surface area (Å²) in [6, 6.07) is 0. The highest BCUT2D eigenvalue weighted by molar-refractivity contribution is 7.57. The van der Waals surface area contributed by atoms with E-state index in [1.165, 1.54) is 5.57 Å². The van der Waals surface area contributed by atoms with Gasteiger partial charge in [0.25, 0.3) is 0 Å². The van der Waals surface area contributed by atoms with Gasteiger partial charge in [0.15, 0.2) is 7.37 Å². The Labute approximate surface area is 91.7 Å². The Kier molecular flexibility index (Phi) is 5.04. The van der Waals surface area contributed by atoms with Crippen molar-refractivity contribution in [1.29, 1.82) is 0 Å². The molecule has 0 aromatic rings. The zero-order valence-corrected chi connectivity index (χ0v) is 10.2. The molecule has 0 aliphatic heterocycles. The Bertz CT molecular complexity index is 273. The third kappa shape index (κ3) is 4.96. The van der Waals surface area contributed by atoms with Crippen LogP contribution in [0.15, 0.2) is 11.6 Å². The van der Waals surface area contributed by atoms with Gasteiger partial charge in [-0.05, 0) is 32.1 Å². The smallest absolute Gasteiger partial charge is 0.200 e. The van der Waals surface area contributed by atoms with Crippen LogP contribution in [0.2, 0.25) is 0 Å². The number of unbranched alkanes of at least 4 members (excludes halogenated alkanes) is 1. The van der Waals surface area contributed by atoms with Crippen LogP contribution < -0.4 is 0 Å². The molecule has 2 unspecified atom stereocenters. The molecule has 2 atom stereocenters. The Morgan fingerprint density at radius 3 is 2.80 bits per heavy atom. The minimum Gasteiger partial charge on any atom is -0.389 e. The van der Waals surface area contributed by atoms with E-state index in [4.69, 9.17) is 0 Å². The molecule has 1 aliphatic carbocycles. The van der Waals surface area contributed by atoms with Gasteiger partial charge in [-0.15, -0.1) is 0 Å². The fraction of sp³-hybridized carbons (Fsp3) is 0.818. The second kappa shape index (κ2) is 5.83. The number of aliphatic hydroxyl groups excluding tert-OH is 1. The van der Waals surface area contributed by atoms with E-state index in [1.54, 1.807) is 6.92 Å². The van der Waals surface area contributed by atoms with Crippen LogP contribution >= 0.6 is 7.37 Å². The summed E-state index contributed by atoms with van der Waals surface area (Å²) in [5.41, 5.74) is 1.31. The molecule has 0 aromatic heterocycles. The maximum atomic E-state index is 11.3. The van der Waals surface area contributed by atoms with Gasteiger partial charge in [-0.2, -0.15) is 0 Å². The highest BCUT2D eigenvalue weighted by atomic mass is 31.2. The largest absolute Gasteiger partial charge is 0.389 e. The van der Waals surface area contributed by atoms with Crippen LogP contribution in [0.3, 0.4) is 0 Å². The van der Waals surface area contributed by atoms with Crippen LogP contribution in [-0.4, -0.2) is 28.4 Å². The number of aliphatic hydroxyl groups is 1. The molecule has 0 heterocycles. The summed E-state index contributed by atoms with van der Waals surface area (Å²) in [6.45, 7) is 1.76. The van der Waals surface area contributed by atoms with Gasteiger partial charge in [-0.3, -0.25) is 4.57 Å². The van der Waals surface area contributed by atoms with E-state index >= 15 is 0 Å². The molecule has 0 fully saturated rings. The second-order valence-corrected chi connectivity index (χ2v) is 7.05. The molecule has 0 radical (unpaired) electrons. The maximum absolute atomic E-state index is 11.3. The summed E-state index contributed by atoms with van der Waals surface area (Å²) >= 11 is 0. The maximum Gasteiger partial charge on any atom is 0.200 e. The summed E-state index contributed by atoms with van der Waals surface area (Å²) < 4.78 is 11.3. The molecule has 88 valence electrons. The molecule has 3 nitrogen and oxygen atoms in total. The average Bonchev–Trinajstić information content (AvgIpc) is 2.59. The highest BCUT2D eigenvalue weighted by Crippen LogP contribution is 2.40. The fourth-order valence-corrected chi connectivity index (χ4v) is 2.88. The predicted molar refractivity (Wildman–Crippen MR) is 62.4 cm³/mol. The quantitative estimate of drug-likeness (QED) is 0.420. The monoisotopic (exact) mass is 232 g/mol. The lowest BCUT2D eigenvalue weighted by molar-refractivity contribution is 0.223. The lowest BCUT2D eigenvalue weighted by Gasteiger charge is -2.08. The zero-order valence-electron chi connectivity index (χ0n) is 9.35. The van der Waals surface area contributed by atoms with Crippen molar-refractivity contribution in [2.45, 2.75) is 45.1 Å². The van der Waals surface area contributed by atoms with Crippen LogP contribution in [0, 0.1) is 0 Å². The molecule has 1 rings (SSSR count). The topological polar surface area (TPSA) is 57.5 Å². The van der Waals surface area contributed by atoms with Crippen LogP contribution in [0.4, 0.5) is 0 Å². The number of hydrogen-bond donors (Lipinski definition) is 2. The van der Waals surface area contributed by atoms with Crippen molar-refractivity contribution < 1.29 is 14.6 Å². The lowest BCUT2D eigenvalue weighted by Crippen LogP contribution is -1.93. The van der Waals surface area contributed by atoms with E-state index in [9.17, 15) is 14.6 Å². The average molecular weight is 232 g/mol. The van der Waals surface area contributed by atoms with Gasteiger partial charge in [0, 0.05) is 12.3 Å². The summed E-state index contributed by atoms with van der Waals surface area (Å²) in [5, 5.41) is 9.26. The molecule has 0 saturated carbocycles. The fourth-order valence-electron chi connectivity index (χ4n) is 1.85. The third-order valence-electron chi connectivity index (χ3n) is 2.94. The Balaban J connectivity index is 2.12. The van der Waals surface area contributed by atoms with Gasteiger partial charge in [0.2, 0.25) is 0 Å². The highest BCUT2D eigenvalue weighted by Gasteiger charge is 2.15. The molecule has 0 spiro atoms. The van der Waals surface area contributed by atoms with E-state index < -0.39 is 7.37 Å². The normalized spacial score (nSPS) is 25.0. The Morgan fingerprint density at radius 1 is 1.53 bits per heavy atom. The van der Waals surface area contributed by atoms with Crippen LogP contribution in [0.1, 0.15) is 39.0 Å². The summed E-state index contributed by atoms with van der Waals surface area (Å²) in [5.74, 6) is 0. The van der Waals surface area contributed by atoms with Crippen LogP contribution in [-0.2, 0) is 4.57 Å². The number of rotatable bonds is 6. The van der Waals surface area contributed by atoms with Crippen LogP contribution in [0.25, 0.3) is 0 Å². The van der Waals surface area contributed by atoms with Gasteiger partial charge >= 0.3 is 0 Å². The molecular formula is C11H21O3P. The van der Waals surface area contributed by atoms with Crippen molar-refractivity contribution in [3.05, 3.63) is 11.6 Å². The molecule has 0 saturated heterocycles. The lowest BCUT2D eigenvalue weighted by atomic mass is 10.1. The number of allylic oxidation sites excluding steroid dienone is 1. The van der Waals surface area contributed by atoms with Crippen molar-refractivity contribution >= 4 is 7.37 Å². The van der Waals surface area contributed by atoms with Crippen molar-refractivity contribution in [1.82, 2.24) is 0 Å². The molecule has 0 aromatic carbocycles. The van der Waals surface area contributed by atoms with Crippen molar-refractivity contribution in [2.24, 2.45) is 0 Å². The first-order valence-corrected chi connectivity index (χ1v) is 7.75. The molecule has 4 heteroatoms. The van der Waals surface area contributed by atoms with Gasteiger partial charge in [0.1, 0.15) is 0 Å². The molecule has 1 aliphatic rings. The molecule has 2 N–H and O–H groups in total. The molecule has 15 heavy (non-hydrogen) atoms.